The van der Waals surface area contributed by atoms with Gasteiger partial charge in [-0.3, -0.25) is 0 Å². The lowest BCUT2D eigenvalue weighted by atomic mass is 9.96. The Kier molecular flexibility index (Phi) is 5.33. The molecule has 0 aromatic heterocycles. The van der Waals surface area contributed by atoms with Crippen LogP contribution in [0.3, 0.4) is 0 Å². The fourth-order valence-corrected chi connectivity index (χ4v) is 2.54. The summed E-state index contributed by atoms with van der Waals surface area (Å²) in [6.45, 7) is 3.34. The first-order valence-electron chi connectivity index (χ1n) is 7.00. The first kappa shape index (κ1) is 14.0. The van der Waals surface area contributed by atoms with E-state index in [4.69, 9.17) is 9.47 Å². The van der Waals surface area contributed by atoms with Gasteiger partial charge >= 0.3 is 0 Å². The minimum absolute atomic E-state index is 0.768. The molecule has 1 aliphatic heterocycles. The minimum atomic E-state index is 0.768. The number of methoxy groups -OCH3 is 2. The van der Waals surface area contributed by atoms with Crippen LogP contribution in [-0.2, 0) is 0 Å². The number of rotatable bonds is 6. The molecule has 19 heavy (non-hydrogen) atoms. The van der Waals surface area contributed by atoms with Gasteiger partial charge < -0.3 is 20.1 Å². The monoisotopic (exact) mass is 264 g/mol. The molecule has 1 aromatic carbocycles. The molecule has 1 saturated heterocycles. The maximum Gasteiger partial charge on any atom is 0.162 e. The van der Waals surface area contributed by atoms with Crippen LogP contribution in [0.25, 0.3) is 0 Å². The first-order valence-corrected chi connectivity index (χ1v) is 7.00. The number of hydrogen-bond acceptors (Lipinski definition) is 4. The molecule has 2 rings (SSSR count). The Morgan fingerprint density at radius 2 is 2.11 bits per heavy atom. The topological polar surface area (TPSA) is 42.5 Å². The predicted octanol–water partition coefficient (Wildman–Crippen LogP) is 2.51. The molecule has 0 bridgehead atoms. The van der Waals surface area contributed by atoms with Gasteiger partial charge in [0.15, 0.2) is 11.5 Å². The summed E-state index contributed by atoms with van der Waals surface area (Å²) < 4.78 is 10.5. The highest BCUT2D eigenvalue weighted by Gasteiger charge is 2.12. The number of anilines is 1. The van der Waals surface area contributed by atoms with E-state index >= 15 is 0 Å². The Bertz CT molecular complexity index is 390. The minimum Gasteiger partial charge on any atom is -0.493 e. The molecule has 0 aliphatic carbocycles. The summed E-state index contributed by atoms with van der Waals surface area (Å²) in [4.78, 5) is 0. The molecule has 1 heterocycles. The Morgan fingerprint density at radius 3 is 2.79 bits per heavy atom. The molecule has 2 N–H and O–H groups in total. The van der Waals surface area contributed by atoms with Gasteiger partial charge in [0.1, 0.15) is 0 Å². The Balaban J connectivity index is 1.81. The molecule has 4 heteroatoms. The second-order valence-electron chi connectivity index (χ2n) is 5.00. The van der Waals surface area contributed by atoms with Crippen molar-refractivity contribution in [3.63, 3.8) is 0 Å². The van der Waals surface area contributed by atoms with Crippen molar-refractivity contribution in [1.29, 1.82) is 0 Å². The van der Waals surface area contributed by atoms with Crippen molar-refractivity contribution in [2.24, 2.45) is 5.92 Å². The lowest BCUT2D eigenvalue weighted by Gasteiger charge is -2.22. The Hall–Kier alpha value is -1.42. The van der Waals surface area contributed by atoms with E-state index in [-0.39, 0.29) is 0 Å². The van der Waals surface area contributed by atoms with Gasteiger partial charge in [-0.15, -0.1) is 0 Å². The summed E-state index contributed by atoms with van der Waals surface area (Å²) in [5, 5.41) is 6.91. The zero-order valence-corrected chi connectivity index (χ0v) is 11.9. The number of ether oxygens (including phenoxy) is 2. The van der Waals surface area contributed by atoms with Crippen molar-refractivity contribution in [3.8, 4) is 11.5 Å². The van der Waals surface area contributed by atoms with E-state index in [2.05, 4.69) is 10.6 Å². The van der Waals surface area contributed by atoms with Crippen LogP contribution in [0, 0.1) is 5.92 Å². The second-order valence-corrected chi connectivity index (χ2v) is 5.00. The molecule has 1 atom stereocenters. The van der Waals surface area contributed by atoms with Gasteiger partial charge in [0.05, 0.1) is 14.2 Å². The summed E-state index contributed by atoms with van der Waals surface area (Å²) in [6, 6.07) is 5.95. The summed E-state index contributed by atoms with van der Waals surface area (Å²) >= 11 is 0. The fourth-order valence-electron chi connectivity index (χ4n) is 2.54. The molecule has 0 amide bonds. The molecular formula is C15H24N2O2. The van der Waals surface area contributed by atoms with Crippen molar-refractivity contribution in [1.82, 2.24) is 5.32 Å². The highest BCUT2D eigenvalue weighted by Crippen LogP contribution is 2.29. The number of nitrogens with one attached hydrogen (secondary N) is 2. The quantitative estimate of drug-likeness (QED) is 0.828. The normalized spacial score (nSPS) is 18.9. The zero-order chi connectivity index (χ0) is 13.5. The lowest BCUT2D eigenvalue weighted by molar-refractivity contribution is 0.355. The van der Waals surface area contributed by atoms with E-state index in [9.17, 15) is 0 Å². The first-order chi connectivity index (χ1) is 9.33. The molecule has 0 radical (unpaired) electrons. The third-order valence-corrected chi connectivity index (χ3v) is 3.66. The summed E-state index contributed by atoms with van der Waals surface area (Å²) in [5.41, 5.74) is 1.08. The highest BCUT2D eigenvalue weighted by molar-refractivity contribution is 5.54. The van der Waals surface area contributed by atoms with Crippen LogP contribution < -0.4 is 20.1 Å². The fraction of sp³-hybridized carbons (Fsp3) is 0.600. The largest absolute Gasteiger partial charge is 0.493 e. The average Bonchev–Trinajstić information content (AvgIpc) is 2.48. The molecular weight excluding hydrogens is 240 g/mol. The van der Waals surface area contributed by atoms with Crippen LogP contribution in [0.5, 0.6) is 11.5 Å². The summed E-state index contributed by atoms with van der Waals surface area (Å²) in [6.07, 6.45) is 3.86. The van der Waals surface area contributed by atoms with E-state index in [1.807, 2.05) is 18.2 Å². The Labute approximate surface area is 115 Å². The van der Waals surface area contributed by atoms with Crippen LogP contribution in [0.2, 0.25) is 0 Å². The smallest absolute Gasteiger partial charge is 0.162 e. The van der Waals surface area contributed by atoms with Crippen molar-refractivity contribution >= 4 is 5.69 Å². The number of piperidine rings is 1. The van der Waals surface area contributed by atoms with Gasteiger partial charge in [-0.2, -0.15) is 0 Å². The van der Waals surface area contributed by atoms with Crippen molar-refractivity contribution in [3.05, 3.63) is 18.2 Å². The van der Waals surface area contributed by atoms with E-state index in [1.165, 1.54) is 25.8 Å². The van der Waals surface area contributed by atoms with Crippen LogP contribution in [0.4, 0.5) is 5.69 Å². The molecule has 4 nitrogen and oxygen atoms in total. The van der Waals surface area contributed by atoms with Gasteiger partial charge in [-0.1, -0.05) is 0 Å². The van der Waals surface area contributed by atoms with E-state index in [1.54, 1.807) is 14.2 Å². The van der Waals surface area contributed by atoms with E-state index < -0.39 is 0 Å². The SMILES string of the molecule is COc1ccc(NCCC2CCCNC2)cc1OC. The predicted molar refractivity (Wildman–Crippen MR) is 78.2 cm³/mol. The summed E-state index contributed by atoms with van der Waals surface area (Å²) in [5.74, 6) is 2.35. The van der Waals surface area contributed by atoms with Gasteiger partial charge in [-0.05, 0) is 50.4 Å². The molecule has 0 saturated carbocycles. The van der Waals surface area contributed by atoms with Crippen LogP contribution in [0.15, 0.2) is 18.2 Å². The summed E-state index contributed by atoms with van der Waals surface area (Å²) in [7, 11) is 3.32. The average molecular weight is 264 g/mol. The van der Waals surface area contributed by atoms with Crippen molar-refractivity contribution in [2.75, 3.05) is 39.2 Å². The van der Waals surface area contributed by atoms with Crippen LogP contribution in [0.1, 0.15) is 19.3 Å². The maximum atomic E-state index is 5.30. The lowest BCUT2D eigenvalue weighted by Crippen LogP contribution is -2.30. The van der Waals surface area contributed by atoms with Gasteiger partial charge in [-0.25, -0.2) is 0 Å². The Morgan fingerprint density at radius 1 is 1.26 bits per heavy atom. The van der Waals surface area contributed by atoms with Gasteiger partial charge in [0, 0.05) is 18.3 Å². The molecule has 1 fully saturated rings. The number of benzene rings is 1. The third-order valence-electron chi connectivity index (χ3n) is 3.66. The van der Waals surface area contributed by atoms with Crippen LogP contribution in [-0.4, -0.2) is 33.9 Å². The van der Waals surface area contributed by atoms with Crippen molar-refractivity contribution < 1.29 is 9.47 Å². The van der Waals surface area contributed by atoms with Gasteiger partial charge in [0.2, 0.25) is 0 Å². The molecule has 106 valence electrons. The third kappa shape index (κ3) is 4.03. The van der Waals surface area contributed by atoms with Crippen LogP contribution >= 0.6 is 0 Å². The zero-order valence-electron chi connectivity index (χ0n) is 11.9. The highest BCUT2D eigenvalue weighted by atomic mass is 16.5. The molecule has 1 unspecified atom stereocenters. The van der Waals surface area contributed by atoms with E-state index in [0.717, 1.165) is 36.2 Å². The maximum absolute atomic E-state index is 5.30. The standard InChI is InChI=1S/C15H24N2O2/c1-18-14-6-5-13(10-15(14)19-2)17-9-7-12-4-3-8-16-11-12/h5-6,10,12,16-17H,3-4,7-9,11H2,1-2H3. The van der Waals surface area contributed by atoms with Crippen molar-refractivity contribution in [2.45, 2.75) is 19.3 Å². The van der Waals surface area contributed by atoms with E-state index in [0.29, 0.717) is 0 Å². The van der Waals surface area contributed by atoms with Gasteiger partial charge in [0.25, 0.3) is 0 Å². The molecule has 1 aromatic rings. The molecule has 1 aliphatic rings. The molecule has 0 spiro atoms. The second kappa shape index (κ2) is 7.24. The number of hydrogen-bond donors (Lipinski definition) is 2.